The van der Waals surface area contributed by atoms with Crippen molar-refractivity contribution in [1.82, 2.24) is 9.97 Å². The van der Waals surface area contributed by atoms with Gasteiger partial charge in [0, 0.05) is 12.6 Å². The summed E-state index contributed by atoms with van der Waals surface area (Å²) in [6.07, 6.45) is 4.22. The molecule has 0 atom stereocenters. The number of pyridine rings is 1. The third-order valence-corrected chi connectivity index (χ3v) is 3.66. The summed E-state index contributed by atoms with van der Waals surface area (Å²) in [6, 6.07) is 10.1. The SMILES string of the molecule is Nc1cnccc1Cc1nc2ccccc2s1. The van der Waals surface area contributed by atoms with Crippen LogP contribution >= 0.6 is 11.3 Å². The lowest BCUT2D eigenvalue weighted by atomic mass is 10.2. The first-order valence-electron chi connectivity index (χ1n) is 5.36. The summed E-state index contributed by atoms with van der Waals surface area (Å²) in [4.78, 5) is 8.58. The van der Waals surface area contributed by atoms with Crippen LogP contribution in [-0.2, 0) is 6.42 Å². The number of nitrogen functional groups attached to an aromatic ring is 1. The van der Waals surface area contributed by atoms with Crippen LogP contribution in [0, 0.1) is 0 Å². The molecule has 0 bridgehead atoms. The minimum atomic E-state index is 0.728. The number of rotatable bonds is 2. The number of para-hydroxylation sites is 1. The predicted octanol–water partition coefficient (Wildman–Crippen LogP) is 2.86. The van der Waals surface area contributed by atoms with Crippen molar-refractivity contribution in [3.05, 3.63) is 53.3 Å². The largest absolute Gasteiger partial charge is 0.397 e. The number of anilines is 1. The van der Waals surface area contributed by atoms with Crippen LogP contribution in [0.4, 0.5) is 5.69 Å². The highest BCUT2D eigenvalue weighted by atomic mass is 32.1. The molecule has 0 fully saturated rings. The summed E-state index contributed by atoms with van der Waals surface area (Å²) >= 11 is 1.71. The van der Waals surface area contributed by atoms with Crippen molar-refractivity contribution < 1.29 is 0 Å². The molecule has 0 spiro atoms. The number of thiazole rings is 1. The first kappa shape index (κ1) is 10.2. The smallest absolute Gasteiger partial charge is 0.0983 e. The third kappa shape index (κ3) is 1.99. The van der Waals surface area contributed by atoms with Crippen LogP contribution in [-0.4, -0.2) is 9.97 Å². The van der Waals surface area contributed by atoms with Gasteiger partial charge in [-0.2, -0.15) is 0 Å². The maximum absolute atomic E-state index is 5.88. The van der Waals surface area contributed by atoms with Gasteiger partial charge in [0.2, 0.25) is 0 Å². The Morgan fingerprint density at radius 2 is 2.06 bits per heavy atom. The fourth-order valence-corrected chi connectivity index (χ4v) is 2.75. The molecular weight excluding hydrogens is 230 g/mol. The van der Waals surface area contributed by atoms with E-state index in [4.69, 9.17) is 5.73 Å². The molecule has 84 valence electrons. The molecule has 0 unspecified atom stereocenters. The van der Waals surface area contributed by atoms with Crippen LogP contribution in [0.3, 0.4) is 0 Å². The van der Waals surface area contributed by atoms with E-state index >= 15 is 0 Å². The summed E-state index contributed by atoms with van der Waals surface area (Å²) in [5, 5.41) is 1.09. The van der Waals surface area contributed by atoms with Crippen molar-refractivity contribution in [2.45, 2.75) is 6.42 Å². The van der Waals surface area contributed by atoms with Crippen LogP contribution in [0.5, 0.6) is 0 Å². The molecule has 0 amide bonds. The number of fused-ring (bicyclic) bond motifs is 1. The van der Waals surface area contributed by atoms with Crippen LogP contribution in [0.2, 0.25) is 0 Å². The summed E-state index contributed by atoms with van der Waals surface area (Å²) in [7, 11) is 0. The zero-order valence-corrected chi connectivity index (χ0v) is 9.95. The highest BCUT2D eigenvalue weighted by Crippen LogP contribution is 2.24. The van der Waals surface area contributed by atoms with Gasteiger partial charge >= 0.3 is 0 Å². The first-order chi connectivity index (χ1) is 8.33. The van der Waals surface area contributed by atoms with E-state index in [1.54, 1.807) is 23.7 Å². The lowest BCUT2D eigenvalue weighted by molar-refractivity contribution is 1.14. The molecule has 3 nitrogen and oxygen atoms in total. The Labute approximate surface area is 103 Å². The first-order valence-corrected chi connectivity index (χ1v) is 6.17. The van der Waals surface area contributed by atoms with E-state index in [0.717, 1.165) is 28.2 Å². The molecule has 2 N–H and O–H groups in total. The van der Waals surface area contributed by atoms with Gasteiger partial charge in [-0.1, -0.05) is 12.1 Å². The molecule has 3 aromatic rings. The van der Waals surface area contributed by atoms with Gasteiger partial charge in [0.05, 0.1) is 27.1 Å². The number of nitrogens with two attached hydrogens (primary N) is 1. The number of hydrogen-bond acceptors (Lipinski definition) is 4. The Morgan fingerprint density at radius 3 is 2.88 bits per heavy atom. The maximum atomic E-state index is 5.88. The minimum Gasteiger partial charge on any atom is -0.397 e. The quantitative estimate of drug-likeness (QED) is 0.750. The predicted molar refractivity (Wildman–Crippen MR) is 71.1 cm³/mol. The topological polar surface area (TPSA) is 51.8 Å². The van der Waals surface area contributed by atoms with E-state index < -0.39 is 0 Å². The van der Waals surface area contributed by atoms with Crippen LogP contribution in [0.25, 0.3) is 10.2 Å². The van der Waals surface area contributed by atoms with Crippen LogP contribution in [0.1, 0.15) is 10.6 Å². The average Bonchev–Trinajstić information content (AvgIpc) is 2.74. The maximum Gasteiger partial charge on any atom is 0.0983 e. The van der Waals surface area contributed by atoms with Gasteiger partial charge in [0.1, 0.15) is 0 Å². The second kappa shape index (κ2) is 4.14. The second-order valence-electron chi connectivity index (χ2n) is 3.83. The molecular formula is C13H11N3S. The van der Waals surface area contributed by atoms with Gasteiger partial charge in [-0.25, -0.2) is 4.98 Å². The van der Waals surface area contributed by atoms with E-state index in [1.807, 2.05) is 24.3 Å². The van der Waals surface area contributed by atoms with Gasteiger partial charge in [0.15, 0.2) is 0 Å². The summed E-state index contributed by atoms with van der Waals surface area (Å²) in [5.41, 5.74) is 8.74. The molecule has 0 saturated carbocycles. The van der Waals surface area contributed by atoms with Crippen molar-refractivity contribution in [2.24, 2.45) is 0 Å². The number of nitrogens with zero attached hydrogens (tertiary/aromatic N) is 2. The lowest BCUT2D eigenvalue weighted by Crippen LogP contribution is -1.95. The Kier molecular flexibility index (Phi) is 2.49. The molecule has 2 heterocycles. The summed E-state index contributed by atoms with van der Waals surface area (Å²) in [6.45, 7) is 0. The molecule has 0 aliphatic rings. The fourth-order valence-electron chi connectivity index (χ4n) is 1.75. The van der Waals surface area contributed by atoms with Gasteiger partial charge in [0.25, 0.3) is 0 Å². The number of aromatic nitrogens is 2. The van der Waals surface area contributed by atoms with E-state index in [9.17, 15) is 0 Å². The van der Waals surface area contributed by atoms with Crippen LogP contribution < -0.4 is 5.73 Å². The van der Waals surface area contributed by atoms with Gasteiger partial charge in [-0.3, -0.25) is 4.98 Å². The monoisotopic (exact) mass is 241 g/mol. The van der Waals surface area contributed by atoms with E-state index in [-0.39, 0.29) is 0 Å². The second-order valence-corrected chi connectivity index (χ2v) is 4.94. The highest BCUT2D eigenvalue weighted by Gasteiger charge is 2.06. The molecule has 4 heteroatoms. The summed E-state index contributed by atoms with van der Waals surface area (Å²) in [5.74, 6) is 0. The molecule has 1 aromatic carbocycles. The Bertz CT molecular complexity index is 627. The third-order valence-electron chi connectivity index (χ3n) is 2.63. The standard InChI is InChI=1S/C13H11N3S/c14-10-8-15-6-5-9(10)7-13-16-11-3-1-2-4-12(11)17-13/h1-6,8H,7,14H2. The molecule has 0 saturated heterocycles. The molecule has 3 rings (SSSR count). The number of hydrogen-bond donors (Lipinski definition) is 1. The lowest BCUT2D eigenvalue weighted by Gasteiger charge is -2.00. The highest BCUT2D eigenvalue weighted by molar-refractivity contribution is 7.18. The van der Waals surface area contributed by atoms with Gasteiger partial charge in [-0.05, 0) is 23.8 Å². The average molecular weight is 241 g/mol. The Morgan fingerprint density at radius 1 is 1.18 bits per heavy atom. The normalized spacial score (nSPS) is 10.8. The Balaban J connectivity index is 1.98. The van der Waals surface area contributed by atoms with Gasteiger partial charge < -0.3 is 5.73 Å². The van der Waals surface area contributed by atoms with E-state index in [2.05, 4.69) is 16.0 Å². The van der Waals surface area contributed by atoms with Crippen molar-refractivity contribution in [3.63, 3.8) is 0 Å². The summed E-state index contributed by atoms with van der Waals surface area (Å²) < 4.78 is 1.22. The zero-order chi connectivity index (χ0) is 11.7. The van der Waals surface area contributed by atoms with E-state index in [0.29, 0.717) is 0 Å². The molecule has 0 aliphatic carbocycles. The van der Waals surface area contributed by atoms with Crippen molar-refractivity contribution >= 4 is 27.2 Å². The van der Waals surface area contributed by atoms with E-state index in [1.165, 1.54) is 4.70 Å². The van der Waals surface area contributed by atoms with Crippen molar-refractivity contribution in [1.29, 1.82) is 0 Å². The van der Waals surface area contributed by atoms with Crippen molar-refractivity contribution in [2.75, 3.05) is 5.73 Å². The molecule has 0 aliphatic heterocycles. The molecule has 17 heavy (non-hydrogen) atoms. The van der Waals surface area contributed by atoms with Crippen LogP contribution in [0.15, 0.2) is 42.7 Å². The van der Waals surface area contributed by atoms with Crippen molar-refractivity contribution in [3.8, 4) is 0 Å². The number of benzene rings is 1. The minimum absolute atomic E-state index is 0.728. The zero-order valence-electron chi connectivity index (χ0n) is 9.13. The molecule has 0 radical (unpaired) electrons. The molecule has 2 aromatic heterocycles. The Hall–Kier alpha value is -1.94. The fraction of sp³-hybridized carbons (Fsp3) is 0.0769. The van der Waals surface area contributed by atoms with Gasteiger partial charge in [-0.15, -0.1) is 11.3 Å².